The molecule has 2 heterocycles. The van der Waals surface area contributed by atoms with E-state index in [-0.39, 0.29) is 18.0 Å². The van der Waals surface area contributed by atoms with Gasteiger partial charge in [-0.15, -0.1) is 11.3 Å². The van der Waals surface area contributed by atoms with Crippen molar-refractivity contribution in [1.82, 2.24) is 20.1 Å². The Hall–Kier alpha value is -2.54. The van der Waals surface area contributed by atoms with Gasteiger partial charge in [0.25, 0.3) is 5.56 Å². The van der Waals surface area contributed by atoms with E-state index in [0.29, 0.717) is 11.9 Å². The Balaban J connectivity index is 1.60. The van der Waals surface area contributed by atoms with Crippen LogP contribution in [0.4, 0.5) is 0 Å². The minimum Gasteiger partial charge on any atom is -0.354 e. The monoisotopic (exact) mass is 356 g/mol. The third-order valence-electron chi connectivity index (χ3n) is 4.09. The predicted octanol–water partition coefficient (Wildman–Crippen LogP) is 2.22. The number of fused-ring (bicyclic) bond motifs is 1. The first-order valence-corrected chi connectivity index (χ1v) is 9.06. The highest BCUT2D eigenvalue weighted by Gasteiger charge is 2.10. The molecule has 0 aliphatic carbocycles. The molecule has 0 saturated heterocycles. The molecule has 7 heteroatoms. The van der Waals surface area contributed by atoms with E-state index >= 15 is 0 Å². The summed E-state index contributed by atoms with van der Waals surface area (Å²) in [5.74, 6) is -0.203. The second kappa shape index (κ2) is 7.57. The number of amides is 1. The molecule has 130 valence electrons. The van der Waals surface area contributed by atoms with E-state index in [9.17, 15) is 9.59 Å². The molecular weight excluding hydrogens is 336 g/mol. The van der Waals surface area contributed by atoms with E-state index in [4.69, 9.17) is 0 Å². The van der Waals surface area contributed by atoms with Crippen LogP contribution in [0.2, 0.25) is 0 Å². The van der Waals surface area contributed by atoms with E-state index in [1.54, 1.807) is 17.4 Å². The zero-order chi connectivity index (χ0) is 17.8. The lowest BCUT2D eigenvalue weighted by molar-refractivity contribution is -0.121. The third kappa shape index (κ3) is 3.93. The molecule has 1 amide bonds. The molecule has 0 saturated carbocycles. The smallest absolute Gasteiger partial charge is 0.275 e. The Kier molecular flexibility index (Phi) is 5.23. The Morgan fingerprint density at radius 1 is 1.20 bits per heavy atom. The predicted molar refractivity (Wildman–Crippen MR) is 98.9 cm³/mol. The molecular formula is C18H20N4O2S. The number of rotatable bonds is 6. The molecule has 0 fully saturated rings. The fourth-order valence-electron chi connectivity index (χ4n) is 2.75. The van der Waals surface area contributed by atoms with Crippen molar-refractivity contribution in [2.75, 3.05) is 6.54 Å². The number of aromatic nitrogens is 3. The molecule has 0 aliphatic rings. The lowest BCUT2D eigenvalue weighted by atomic mass is 10.1. The van der Waals surface area contributed by atoms with Gasteiger partial charge in [-0.25, -0.2) is 9.67 Å². The molecule has 1 N–H and O–H groups in total. The van der Waals surface area contributed by atoms with Crippen molar-refractivity contribution in [1.29, 1.82) is 0 Å². The van der Waals surface area contributed by atoms with Gasteiger partial charge in [-0.05, 0) is 32.8 Å². The van der Waals surface area contributed by atoms with Gasteiger partial charge in [0.15, 0.2) is 0 Å². The van der Waals surface area contributed by atoms with E-state index in [1.165, 1.54) is 9.56 Å². The Bertz CT molecular complexity index is 961. The number of benzene rings is 1. The lowest BCUT2D eigenvalue weighted by Gasteiger charge is -2.09. The number of nitrogens with one attached hydrogen (secondary N) is 1. The second-order valence-corrected chi connectivity index (χ2v) is 6.85. The number of thiazole rings is 1. The minimum atomic E-state index is -0.239. The highest BCUT2D eigenvalue weighted by Crippen LogP contribution is 2.14. The van der Waals surface area contributed by atoms with Crippen LogP contribution in [0.15, 0.2) is 34.6 Å². The summed E-state index contributed by atoms with van der Waals surface area (Å²) in [6.45, 7) is 4.33. The first-order valence-electron chi connectivity index (χ1n) is 8.18. The van der Waals surface area contributed by atoms with Crippen LogP contribution in [-0.4, -0.2) is 27.2 Å². The fourth-order valence-corrected chi connectivity index (χ4v) is 3.57. The van der Waals surface area contributed by atoms with Crippen molar-refractivity contribution < 1.29 is 4.79 Å². The summed E-state index contributed by atoms with van der Waals surface area (Å²) in [6.07, 6.45) is 1.73. The van der Waals surface area contributed by atoms with Crippen LogP contribution in [0.25, 0.3) is 10.8 Å². The highest BCUT2D eigenvalue weighted by molar-refractivity contribution is 7.09. The summed E-state index contributed by atoms with van der Waals surface area (Å²) in [6, 6.07) is 7.32. The van der Waals surface area contributed by atoms with Crippen molar-refractivity contribution in [3.8, 4) is 0 Å². The number of aryl methyl sites for hydroxylation is 3. The highest BCUT2D eigenvalue weighted by atomic mass is 32.1. The molecule has 0 atom stereocenters. The first-order chi connectivity index (χ1) is 12.1. The van der Waals surface area contributed by atoms with Gasteiger partial charge in [-0.3, -0.25) is 9.59 Å². The maximum Gasteiger partial charge on any atom is 0.275 e. The Morgan fingerprint density at radius 3 is 2.68 bits per heavy atom. The van der Waals surface area contributed by atoms with Gasteiger partial charge in [0, 0.05) is 16.8 Å². The maximum absolute atomic E-state index is 12.5. The number of hydrogen-bond acceptors (Lipinski definition) is 5. The van der Waals surface area contributed by atoms with Crippen molar-refractivity contribution >= 4 is 28.0 Å². The van der Waals surface area contributed by atoms with Gasteiger partial charge < -0.3 is 5.32 Å². The molecule has 0 spiro atoms. The summed E-state index contributed by atoms with van der Waals surface area (Å²) in [7, 11) is 0. The summed E-state index contributed by atoms with van der Waals surface area (Å²) < 4.78 is 1.24. The first kappa shape index (κ1) is 17.3. The van der Waals surface area contributed by atoms with Crippen LogP contribution < -0.4 is 10.9 Å². The van der Waals surface area contributed by atoms with Crippen LogP contribution in [0.5, 0.6) is 0 Å². The molecule has 0 unspecified atom stereocenters. The summed E-state index contributed by atoms with van der Waals surface area (Å²) in [5, 5.41) is 8.52. The molecule has 0 bridgehead atoms. The van der Waals surface area contributed by atoms with Crippen LogP contribution in [0.1, 0.15) is 22.7 Å². The van der Waals surface area contributed by atoms with Crippen LogP contribution >= 0.6 is 11.3 Å². The Labute approximate surface area is 149 Å². The van der Waals surface area contributed by atoms with E-state index in [2.05, 4.69) is 15.4 Å². The third-order valence-corrected chi connectivity index (χ3v) is 5.09. The number of carbonyl (C=O) groups excluding carboxylic acids is 1. The maximum atomic E-state index is 12.5. The van der Waals surface area contributed by atoms with Crippen molar-refractivity contribution in [3.05, 3.63) is 56.4 Å². The lowest BCUT2D eigenvalue weighted by Crippen LogP contribution is -2.34. The summed E-state index contributed by atoms with van der Waals surface area (Å²) in [4.78, 5) is 30.0. The normalized spacial score (nSPS) is 11.0. The Morgan fingerprint density at radius 2 is 1.96 bits per heavy atom. The number of hydrogen-bond donors (Lipinski definition) is 1. The van der Waals surface area contributed by atoms with E-state index < -0.39 is 0 Å². The zero-order valence-corrected chi connectivity index (χ0v) is 15.1. The number of nitrogens with zero attached hydrogens (tertiary/aromatic N) is 3. The van der Waals surface area contributed by atoms with E-state index in [0.717, 1.165) is 29.6 Å². The second-order valence-electron chi connectivity index (χ2n) is 5.91. The topological polar surface area (TPSA) is 76.9 Å². The molecule has 0 radical (unpaired) electrons. The fraction of sp³-hybridized carbons (Fsp3) is 0.333. The van der Waals surface area contributed by atoms with Crippen LogP contribution in [0, 0.1) is 13.8 Å². The van der Waals surface area contributed by atoms with Gasteiger partial charge in [0.2, 0.25) is 5.91 Å². The number of carbonyl (C=O) groups is 1. The van der Waals surface area contributed by atoms with Gasteiger partial charge in [-0.2, -0.15) is 5.10 Å². The quantitative estimate of drug-likeness (QED) is 0.687. The molecule has 3 aromatic rings. The zero-order valence-electron chi connectivity index (χ0n) is 14.3. The molecule has 25 heavy (non-hydrogen) atoms. The van der Waals surface area contributed by atoms with Crippen molar-refractivity contribution in [2.45, 2.75) is 33.2 Å². The van der Waals surface area contributed by atoms with Crippen molar-refractivity contribution in [3.63, 3.8) is 0 Å². The van der Waals surface area contributed by atoms with E-state index in [1.807, 2.05) is 37.6 Å². The van der Waals surface area contributed by atoms with Gasteiger partial charge in [0.05, 0.1) is 22.3 Å². The molecule has 6 nitrogen and oxygen atoms in total. The summed E-state index contributed by atoms with van der Waals surface area (Å²) >= 11 is 1.64. The van der Waals surface area contributed by atoms with Gasteiger partial charge in [-0.1, -0.05) is 18.2 Å². The standard InChI is InChI=1S/C18H20N4O2S/c1-12-14-6-3-4-7-15(14)18(24)22(21-12)10-17(23)19-9-5-8-16-13(2)20-11-25-16/h3-4,6-7,11H,5,8-10H2,1-2H3,(H,19,23). The molecule has 3 rings (SSSR count). The molecule has 1 aromatic carbocycles. The largest absolute Gasteiger partial charge is 0.354 e. The van der Waals surface area contributed by atoms with Crippen LogP contribution in [0.3, 0.4) is 0 Å². The average Bonchev–Trinajstić information content (AvgIpc) is 3.01. The SMILES string of the molecule is Cc1ncsc1CCCNC(=O)Cn1nc(C)c2ccccc2c1=O. The summed E-state index contributed by atoms with van der Waals surface area (Å²) in [5.41, 5.74) is 3.39. The van der Waals surface area contributed by atoms with Gasteiger partial charge in [0.1, 0.15) is 6.54 Å². The minimum absolute atomic E-state index is 0.0654. The average molecular weight is 356 g/mol. The van der Waals surface area contributed by atoms with Crippen LogP contribution in [-0.2, 0) is 17.8 Å². The van der Waals surface area contributed by atoms with Gasteiger partial charge >= 0.3 is 0 Å². The molecule has 2 aromatic heterocycles. The van der Waals surface area contributed by atoms with Crippen molar-refractivity contribution in [2.24, 2.45) is 0 Å². The molecule has 0 aliphatic heterocycles.